The number of imidazole rings is 1. The van der Waals surface area contributed by atoms with Gasteiger partial charge < -0.3 is 9.51 Å². The normalized spacial score (nSPS) is 11.4. The zero-order chi connectivity index (χ0) is 14.1. The third-order valence-electron chi connectivity index (χ3n) is 2.56. The summed E-state index contributed by atoms with van der Waals surface area (Å²) >= 11 is 7.02. The molecule has 0 aliphatic heterocycles. The van der Waals surface area contributed by atoms with Crippen LogP contribution >= 0.6 is 22.9 Å². The van der Waals surface area contributed by atoms with Crippen LogP contribution in [0.25, 0.3) is 17.8 Å². The number of halogens is 1. The number of carboxylic acid groups (broad SMARTS) is 1. The van der Waals surface area contributed by atoms with Gasteiger partial charge in [0.1, 0.15) is 15.5 Å². The molecule has 0 spiro atoms. The Morgan fingerprint density at radius 1 is 1.35 bits per heavy atom. The molecule has 7 heteroatoms. The summed E-state index contributed by atoms with van der Waals surface area (Å²) in [7, 11) is 0. The zero-order valence-electron chi connectivity index (χ0n) is 10.0. The van der Waals surface area contributed by atoms with E-state index in [9.17, 15) is 4.79 Å². The molecule has 0 amide bonds. The van der Waals surface area contributed by atoms with Gasteiger partial charge in [0.05, 0.1) is 16.9 Å². The topological polar surface area (TPSA) is 67.5 Å². The number of carbonyl (C=O) groups is 1. The molecule has 0 aromatic carbocycles. The summed E-state index contributed by atoms with van der Waals surface area (Å²) in [5.41, 5.74) is 1.54. The molecule has 3 heterocycles. The molecule has 20 heavy (non-hydrogen) atoms. The van der Waals surface area contributed by atoms with Gasteiger partial charge in [-0.15, -0.1) is 11.3 Å². The van der Waals surface area contributed by atoms with E-state index in [0.29, 0.717) is 10.0 Å². The van der Waals surface area contributed by atoms with Crippen LogP contribution in [0.4, 0.5) is 0 Å². The monoisotopic (exact) mass is 305 g/mol. The van der Waals surface area contributed by atoms with E-state index in [4.69, 9.17) is 16.7 Å². The minimum absolute atomic E-state index is 0.214. The number of nitrogens with zero attached hydrogens (tertiary/aromatic N) is 3. The molecule has 0 aliphatic carbocycles. The summed E-state index contributed by atoms with van der Waals surface area (Å²) in [6.07, 6.45) is 8.47. The third kappa shape index (κ3) is 2.56. The van der Waals surface area contributed by atoms with Crippen LogP contribution in [0.15, 0.2) is 30.7 Å². The van der Waals surface area contributed by atoms with Gasteiger partial charge in [-0.3, -0.25) is 0 Å². The highest BCUT2D eigenvalue weighted by Gasteiger charge is 2.06. The van der Waals surface area contributed by atoms with Crippen molar-refractivity contribution < 1.29 is 9.90 Å². The SMILES string of the molecule is O=C(O)c1cnc(/C=C/c2cn3cc(Cl)ccc3n2)s1. The number of aromatic nitrogens is 3. The molecular weight excluding hydrogens is 298 g/mol. The standard InChI is InChI=1S/C13H8ClN3O2S/c14-8-1-3-11-16-9(7-17(11)6-8)2-4-12-15-5-10(20-12)13(18)19/h1-7H,(H,18,19)/b4-2+. The molecule has 5 nitrogen and oxygen atoms in total. The van der Waals surface area contributed by atoms with E-state index in [0.717, 1.165) is 22.7 Å². The van der Waals surface area contributed by atoms with Crippen LogP contribution < -0.4 is 0 Å². The molecule has 0 saturated carbocycles. The quantitative estimate of drug-likeness (QED) is 0.806. The van der Waals surface area contributed by atoms with E-state index >= 15 is 0 Å². The zero-order valence-corrected chi connectivity index (χ0v) is 11.6. The van der Waals surface area contributed by atoms with E-state index in [2.05, 4.69) is 9.97 Å². The van der Waals surface area contributed by atoms with Crippen LogP contribution in [-0.4, -0.2) is 25.4 Å². The fourth-order valence-electron chi connectivity index (χ4n) is 1.68. The lowest BCUT2D eigenvalue weighted by Gasteiger charge is -1.91. The summed E-state index contributed by atoms with van der Waals surface area (Å²) < 4.78 is 1.83. The van der Waals surface area contributed by atoms with E-state index in [1.807, 2.05) is 16.7 Å². The molecular formula is C13H8ClN3O2S. The average molecular weight is 306 g/mol. The van der Waals surface area contributed by atoms with Gasteiger partial charge in [0.25, 0.3) is 0 Å². The van der Waals surface area contributed by atoms with Gasteiger partial charge >= 0.3 is 5.97 Å². The summed E-state index contributed by atoms with van der Waals surface area (Å²) in [6.45, 7) is 0. The molecule has 0 radical (unpaired) electrons. The molecule has 100 valence electrons. The summed E-state index contributed by atoms with van der Waals surface area (Å²) in [4.78, 5) is 19.4. The highest BCUT2D eigenvalue weighted by Crippen LogP contribution is 2.17. The highest BCUT2D eigenvalue weighted by molar-refractivity contribution is 7.14. The highest BCUT2D eigenvalue weighted by atomic mass is 35.5. The van der Waals surface area contributed by atoms with Crippen LogP contribution in [-0.2, 0) is 0 Å². The maximum absolute atomic E-state index is 10.8. The smallest absolute Gasteiger partial charge is 0.347 e. The Bertz CT molecular complexity index is 822. The predicted octanol–water partition coefficient (Wildman–Crippen LogP) is 3.31. The number of aromatic carboxylic acids is 1. The Balaban J connectivity index is 1.87. The Labute approximate surface area is 122 Å². The Hall–Kier alpha value is -2.18. The van der Waals surface area contributed by atoms with Crippen LogP contribution in [0, 0.1) is 0 Å². The van der Waals surface area contributed by atoms with Crippen molar-refractivity contribution >= 4 is 46.7 Å². The molecule has 3 aromatic rings. The number of pyridine rings is 1. The predicted molar refractivity (Wildman–Crippen MR) is 78.2 cm³/mol. The molecule has 0 bridgehead atoms. The number of carboxylic acids is 1. The molecule has 0 atom stereocenters. The number of fused-ring (bicyclic) bond motifs is 1. The minimum Gasteiger partial charge on any atom is -0.477 e. The second-order valence-electron chi connectivity index (χ2n) is 3.98. The van der Waals surface area contributed by atoms with Gasteiger partial charge in [-0.1, -0.05) is 11.6 Å². The summed E-state index contributed by atoms with van der Waals surface area (Å²) in [5, 5.41) is 10.1. The summed E-state index contributed by atoms with van der Waals surface area (Å²) in [5.74, 6) is -0.968. The lowest BCUT2D eigenvalue weighted by Crippen LogP contribution is -1.89. The van der Waals surface area contributed by atoms with Gasteiger partial charge in [0, 0.05) is 12.4 Å². The van der Waals surface area contributed by atoms with Crippen LogP contribution in [0.3, 0.4) is 0 Å². The van der Waals surface area contributed by atoms with E-state index < -0.39 is 5.97 Å². The number of hydrogen-bond acceptors (Lipinski definition) is 4. The molecule has 0 saturated heterocycles. The molecule has 3 rings (SSSR count). The molecule has 3 aromatic heterocycles. The van der Waals surface area contributed by atoms with Gasteiger partial charge in [0.2, 0.25) is 0 Å². The van der Waals surface area contributed by atoms with Gasteiger partial charge in [0.15, 0.2) is 0 Å². The Morgan fingerprint density at radius 2 is 2.20 bits per heavy atom. The van der Waals surface area contributed by atoms with E-state index in [1.165, 1.54) is 6.20 Å². The first-order chi connectivity index (χ1) is 9.61. The molecule has 0 fully saturated rings. The third-order valence-corrected chi connectivity index (χ3v) is 3.74. The van der Waals surface area contributed by atoms with E-state index in [-0.39, 0.29) is 4.88 Å². The van der Waals surface area contributed by atoms with Crippen LogP contribution in [0.2, 0.25) is 5.02 Å². The van der Waals surface area contributed by atoms with Crippen molar-refractivity contribution in [3.05, 3.63) is 51.3 Å². The first-order valence-corrected chi connectivity index (χ1v) is 6.83. The lowest BCUT2D eigenvalue weighted by molar-refractivity contribution is 0.0702. The van der Waals surface area contributed by atoms with Crippen molar-refractivity contribution in [1.29, 1.82) is 0 Å². The average Bonchev–Trinajstić information content (AvgIpc) is 3.01. The van der Waals surface area contributed by atoms with Gasteiger partial charge in [-0.2, -0.15) is 0 Å². The number of rotatable bonds is 3. The maximum Gasteiger partial charge on any atom is 0.347 e. The van der Waals surface area contributed by atoms with Crippen molar-refractivity contribution in [2.24, 2.45) is 0 Å². The van der Waals surface area contributed by atoms with Crippen LogP contribution in [0.5, 0.6) is 0 Å². The fourth-order valence-corrected chi connectivity index (χ4v) is 2.51. The first-order valence-electron chi connectivity index (χ1n) is 5.63. The maximum atomic E-state index is 10.8. The van der Waals surface area contributed by atoms with Gasteiger partial charge in [-0.25, -0.2) is 14.8 Å². The van der Waals surface area contributed by atoms with Crippen molar-refractivity contribution in [1.82, 2.24) is 14.4 Å². The van der Waals surface area contributed by atoms with Crippen LogP contribution in [0.1, 0.15) is 20.4 Å². The van der Waals surface area contributed by atoms with Crippen molar-refractivity contribution in [3.8, 4) is 0 Å². The summed E-state index contributed by atoms with van der Waals surface area (Å²) in [6, 6.07) is 3.60. The Morgan fingerprint density at radius 3 is 2.95 bits per heavy atom. The second-order valence-corrected chi connectivity index (χ2v) is 5.48. The Kier molecular flexibility index (Phi) is 3.25. The van der Waals surface area contributed by atoms with Crippen molar-refractivity contribution in [2.45, 2.75) is 0 Å². The number of thiazole rings is 1. The molecule has 0 aliphatic rings. The number of hydrogen-bond donors (Lipinski definition) is 1. The van der Waals surface area contributed by atoms with Crippen molar-refractivity contribution in [3.63, 3.8) is 0 Å². The van der Waals surface area contributed by atoms with Gasteiger partial charge in [-0.05, 0) is 24.3 Å². The minimum atomic E-state index is -0.968. The largest absolute Gasteiger partial charge is 0.477 e. The fraction of sp³-hybridized carbons (Fsp3) is 0. The van der Waals surface area contributed by atoms with Crippen molar-refractivity contribution in [2.75, 3.05) is 0 Å². The molecule has 1 N–H and O–H groups in total. The lowest BCUT2D eigenvalue weighted by atomic mass is 10.4. The first kappa shape index (κ1) is 12.8. The molecule has 0 unspecified atom stereocenters. The second kappa shape index (κ2) is 5.07. The van der Waals surface area contributed by atoms with E-state index in [1.54, 1.807) is 24.4 Å².